The number of nitrogens with zero attached hydrogens (tertiary/aromatic N) is 3. The summed E-state index contributed by atoms with van der Waals surface area (Å²) < 4.78 is 2.37. The Labute approximate surface area is 291 Å². The number of rotatable bonds is 4. The number of benzene rings is 7. The SMILES string of the molecule is CC1(C)c2ccccc2-c2cc(-c3ccc4c(c3)c3cc(-c5nc(-c6ccccc6)c6ccccc6n5)ccc3n4-c3ccccc3)ccc21. The van der Waals surface area contributed by atoms with Gasteiger partial charge in [0.05, 0.1) is 22.2 Å². The summed E-state index contributed by atoms with van der Waals surface area (Å²) in [5, 5.41) is 3.43. The second kappa shape index (κ2) is 10.8. The molecular formula is C47H33N3. The minimum atomic E-state index is -0.0148. The molecule has 0 unspecified atom stereocenters. The van der Waals surface area contributed by atoms with Crippen LogP contribution in [0.15, 0.2) is 164 Å². The van der Waals surface area contributed by atoms with Crippen molar-refractivity contribution < 1.29 is 0 Å². The zero-order chi connectivity index (χ0) is 33.4. The molecule has 1 aliphatic rings. The van der Waals surface area contributed by atoms with E-state index in [9.17, 15) is 0 Å². The number of para-hydroxylation sites is 2. The third-order valence-electron chi connectivity index (χ3n) is 10.6. The van der Waals surface area contributed by atoms with Crippen LogP contribution >= 0.6 is 0 Å². The Morgan fingerprint density at radius 1 is 0.440 bits per heavy atom. The Kier molecular flexibility index (Phi) is 6.22. The molecule has 0 amide bonds. The van der Waals surface area contributed by atoms with E-state index < -0.39 is 0 Å². The maximum absolute atomic E-state index is 5.20. The second-order valence-corrected chi connectivity index (χ2v) is 13.8. The van der Waals surface area contributed by atoms with E-state index in [0.29, 0.717) is 0 Å². The highest BCUT2D eigenvalue weighted by atomic mass is 15.0. The summed E-state index contributed by atoms with van der Waals surface area (Å²) in [6.07, 6.45) is 0. The van der Waals surface area contributed by atoms with Gasteiger partial charge in [-0.25, -0.2) is 9.97 Å². The van der Waals surface area contributed by atoms with Crippen molar-refractivity contribution in [2.75, 3.05) is 0 Å². The standard InChI is InChI=1S/C47H33N3/c1-47(2)40-19-11-9-17-35(40)37-27-31(21-24-41(37)47)32-22-25-43-38(28-32)39-29-33(23-26-44(39)50(43)34-15-7-4-8-16-34)46-48-42-20-12-10-18-36(42)45(49-46)30-13-5-3-6-14-30/h3-29H,1-2H3. The number of hydrogen-bond acceptors (Lipinski definition) is 2. The largest absolute Gasteiger partial charge is 0.309 e. The van der Waals surface area contributed by atoms with Gasteiger partial charge in [-0.05, 0) is 88.0 Å². The Balaban J connectivity index is 1.19. The molecule has 0 N–H and O–H groups in total. The fourth-order valence-electron chi connectivity index (χ4n) is 8.12. The second-order valence-electron chi connectivity index (χ2n) is 13.8. The van der Waals surface area contributed by atoms with Crippen LogP contribution in [-0.4, -0.2) is 14.5 Å². The van der Waals surface area contributed by atoms with E-state index in [1.54, 1.807) is 0 Å². The van der Waals surface area contributed by atoms with E-state index in [2.05, 4.69) is 170 Å². The maximum Gasteiger partial charge on any atom is 0.160 e. The van der Waals surface area contributed by atoms with Crippen LogP contribution < -0.4 is 0 Å². The van der Waals surface area contributed by atoms with Gasteiger partial charge in [-0.2, -0.15) is 0 Å². The van der Waals surface area contributed by atoms with Gasteiger partial charge in [-0.15, -0.1) is 0 Å². The molecule has 0 atom stereocenters. The number of fused-ring (bicyclic) bond motifs is 7. The molecule has 9 aromatic rings. The van der Waals surface area contributed by atoms with Gasteiger partial charge in [-0.3, -0.25) is 0 Å². The normalized spacial score (nSPS) is 13.2. The van der Waals surface area contributed by atoms with Gasteiger partial charge >= 0.3 is 0 Å². The molecule has 2 heterocycles. The lowest BCUT2D eigenvalue weighted by Gasteiger charge is -2.21. The monoisotopic (exact) mass is 639 g/mol. The fraction of sp³-hybridized carbons (Fsp3) is 0.0638. The van der Waals surface area contributed by atoms with E-state index in [0.717, 1.165) is 44.8 Å². The topological polar surface area (TPSA) is 30.7 Å². The van der Waals surface area contributed by atoms with Crippen LogP contribution in [0.5, 0.6) is 0 Å². The highest BCUT2D eigenvalue weighted by Crippen LogP contribution is 2.49. The molecule has 0 saturated heterocycles. The first-order chi connectivity index (χ1) is 24.5. The van der Waals surface area contributed by atoms with Gasteiger partial charge in [0.25, 0.3) is 0 Å². The van der Waals surface area contributed by atoms with Crippen LogP contribution in [0, 0.1) is 0 Å². The van der Waals surface area contributed by atoms with Crippen LogP contribution in [0.25, 0.3) is 83.3 Å². The summed E-state index contributed by atoms with van der Waals surface area (Å²) in [6.45, 7) is 4.67. The molecule has 236 valence electrons. The van der Waals surface area contributed by atoms with E-state index in [1.165, 1.54) is 49.7 Å². The molecule has 0 saturated carbocycles. The Morgan fingerprint density at radius 3 is 1.84 bits per heavy atom. The highest BCUT2D eigenvalue weighted by Gasteiger charge is 2.35. The van der Waals surface area contributed by atoms with E-state index >= 15 is 0 Å². The van der Waals surface area contributed by atoms with Crippen LogP contribution in [0.1, 0.15) is 25.0 Å². The summed E-state index contributed by atoms with van der Waals surface area (Å²) in [6, 6.07) is 58.8. The minimum Gasteiger partial charge on any atom is -0.309 e. The van der Waals surface area contributed by atoms with Gasteiger partial charge in [0.2, 0.25) is 0 Å². The Morgan fingerprint density at radius 2 is 1.04 bits per heavy atom. The molecule has 0 aliphatic heterocycles. The lowest BCUT2D eigenvalue weighted by molar-refractivity contribution is 0.660. The summed E-state index contributed by atoms with van der Waals surface area (Å²) >= 11 is 0. The zero-order valence-electron chi connectivity index (χ0n) is 27.9. The molecule has 0 spiro atoms. The average molecular weight is 640 g/mol. The van der Waals surface area contributed by atoms with Crippen molar-refractivity contribution in [1.82, 2.24) is 14.5 Å². The van der Waals surface area contributed by atoms with E-state index in [1.807, 2.05) is 12.1 Å². The average Bonchev–Trinajstić information content (AvgIpc) is 3.62. The summed E-state index contributed by atoms with van der Waals surface area (Å²) in [5.74, 6) is 0.723. The molecule has 0 radical (unpaired) electrons. The maximum atomic E-state index is 5.20. The first kappa shape index (κ1) is 28.7. The van der Waals surface area contributed by atoms with Crippen molar-refractivity contribution in [1.29, 1.82) is 0 Å². The van der Waals surface area contributed by atoms with Crippen molar-refractivity contribution in [3.8, 4) is 50.6 Å². The smallest absolute Gasteiger partial charge is 0.160 e. The van der Waals surface area contributed by atoms with Crippen molar-refractivity contribution in [2.24, 2.45) is 0 Å². The quantitative estimate of drug-likeness (QED) is 0.192. The third kappa shape index (κ3) is 4.30. The lowest BCUT2D eigenvalue weighted by atomic mass is 9.82. The predicted molar refractivity (Wildman–Crippen MR) is 208 cm³/mol. The van der Waals surface area contributed by atoms with Crippen molar-refractivity contribution in [2.45, 2.75) is 19.3 Å². The molecule has 3 nitrogen and oxygen atoms in total. The Hall–Kier alpha value is -6.32. The molecule has 3 heteroatoms. The first-order valence-corrected chi connectivity index (χ1v) is 17.3. The third-order valence-corrected chi connectivity index (χ3v) is 10.6. The van der Waals surface area contributed by atoms with E-state index in [4.69, 9.17) is 9.97 Å². The van der Waals surface area contributed by atoms with E-state index in [-0.39, 0.29) is 5.41 Å². The molecule has 1 aliphatic carbocycles. The van der Waals surface area contributed by atoms with Gasteiger partial charge in [0, 0.05) is 38.4 Å². The molecule has 7 aromatic carbocycles. The Bertz CT molecular complexity index is 2770. The zero-order valence-corrected chi connectivity index (χ0v) is 27.9. The van der Waals surface area contributed by atoms with Crippen molar-refractivity contribution >= 4 is 32.7 Å². The summed E-state index contributed by atoms with van der Waals surface area (Å²) in [5.41, 5.74) is 15.3. The molecule has 0 bridgehead atoms. The number of aromatic nitrogens is 3. The minimum absolute atomic E-state index is 0.0148. The summed E-state index contributed by atoms with van der Waals surface area (Å²) in [4.78, 5) is 10.3. The van der Waals surface area contributed by atoms with Crippen LogP contribution in [0.3, 0.4) is 0 Å². The first-order valence-electron chi connectivity index (χ1n) is 17.3. The summed E-state index contributed by atoms with van der Waals surface area (Å²) in [7, 11) is 0. The van der Waals surface area contributed by atoms with Crippen LogP contribution in [-0.2, 0) is 5.41 Å². The number of hydrogen-bond donors (Lipinski definition) is 0. The molecule has 10 rings (SSSR count). The predicted octanol–water partition coefficient (Wildman–Crippen LogP) is 12.0. The molecular weight excluding hydrogens is 607 g/mol. The molecule has 2 aromatic heterocycles. The van der Waals surface area contributed by atoms with Gasteiger partial charge in [0.15, 0.2) is 5.82 Å². The van der Waals surface area contributed by atoms with Gasteiger partial charge < -0.3 is 4.57 Å². The highest BCUT2D eigenvalue weighted by molar-refractivity contribution is 6.11. The fourth-order valence-corrected chi connectivity index (χ4v) is 8.12. The molecule has 0 fully saturated rings. The van der Waals surface area contributed by atoms with Gasteiger partial charge in [0.1, 0.15) is 0 Å². The van der Waals surface area contributed by atoms with Crippen LogP contribution in [0.4, 0.5) is 0 Å². The van der Waals surface area contributed by atoms with Gasteiger partial charge in [-0.1, -0.05) is 123 Å². The van der Waals surface area contributed by atoms with Crippen LogP contribution in [0.2, 0.25) is 0 Å². The van der Waals surface area contributed by atoms with Crippen molar-refractivity contribution in [3.05, 3.63) is 175 Å². The van der Waals surface area contributed by atoms with Crippen molar-refractivity contribution in [3.63, 3.8) is 0 Å². The lowest BCUT2D eigenvalue weighted by Crippen LogP contribution is -2.14. The molecule has 50 heavy (non-hydrogen) atoms.